The fraction of sp³-hybridized carbons (Fsp3) is 0.312. The number of halogens is 2. The van der Waals surface area contributed by atoms with Gasteiger partial charge in [0.2, 0.25) is 11.8 Å². The Balaban J connectivity index is 1.68. The van der Waals surface area contributed by atoms with Crippen LogP contribution in [0, 0.1) is 5.82 Å². The van der Waals surface area contributed by atoms with E-state index in [1.807, 2.05) is 0 Å². The van der Waals surface area contributed by atoms with E-state index in [0.29, 0.717) is 31.3 Å². The summed E-state index contributed by atoms with van der Waals surface area (Å²) in [4.78, 5) is 22.1. The minimum atomic E-state index is -0.629. The van der Waals surface area contributed by atoms with Crippen LogP contribution < -0.4 is 9.47 Å². The van der Waals surface area contributed by atoms with Gasteiger partial charge in [-0.05, 0) is 12.1 Å². The van der Waals surface area contributed by atoms with Gasteiger partial charge in [-0.15, -0.1) is 0 Å². The molecule has 0 spiro atoms. The number of carbonyl (C=O) groups excluding carboxylic acids is 1. The summed E-state index contributed by atoms with van der Waals surface area (Å²) in [5, 5.41) is 0.100. The quantitative estimate of drug-likeness (QED) is 0.847. The zero-order valence-corrected chi connectivity index (χ0v) is 13.7. The molecule has 0 saturated carbocycles. The largest absolute Gasteiger partial charge is 0.480 e. The molecule has 0 radical (unpaired) electrons. The summed E-state index contributed by atoms with van der Waals surface area (Å²) in [7, 11) is 1.49. The summed E-state index contributed by atoms with van der Waals surface area (Å²) < 4.78 is 24.6. The standard InChI is InChI=1S/C16H15ClFN3O3/c1-23-13-7-19-8-14(20-13)24-10-5-6-21(9-10)16(22)15-11(17)3-2-4-12(15)18/h2-4,7-8,10H,5-6,9H2,1H3/t10-/m1/s1. The first-order valence-electron chi connectivity index (χ1n) is 7.34. The molecular formula is C16H15ClFN3O3. The van der Waals surface area contributed by atoms with Gasteiger partial charge in [0.15, 0.2) is 0 Å². The van der Waals surface area contributed by atoms with Crippen molar-refractivity contribution in [3.05, 3.63) is 47.0 Å². The maximum atomic E-state index is 13.9. The van der Waals surface area contributed by atoms with E-state index in [9.17, 15) is 9.18 Å². The van der Waals surface area contributed by atoms with Gasteiger partial charge in [0, 0.05) is 13.0 Å². The minimum Gasteiger partial charge on any atom is -0.480 e. The van der Waals surface area contributed by atoms with Crippen LogP contribution in [0.15, 0.2) is 30.6 Å². The molecule has 24 heavy (non-hydrogen) atoms. The number of ether oxygens (including phenoxy) is 2. The van der Waals surface area contributed by atoms with Crippen molar-refractivity contribution in [2.45, 2.75) is 12.5 Å². The lowest BCUT2D eigenvalue weighted by Crippen LogP contribution is -2.31. The van der Waals surface area contributed by atoms with Crippen LogP contribution in [0.4, 0.5) is 4.39 Å². The number of nitrogens with zero attached hydrogens (tertiary/aromatic N) is 3. The molecule has 1 fully saturated rings. The van der Waals surface area contributed by atoms with Crippen LogP contribution in [0.3, 0.4) is 0 Å². The molecular weight excluding hydrogens is 337 g/mol. The number of aromatic nitrogens is 2. The lowest BCUT2D eigenvalue weighted by molar-refractivity contribution is 0.0766. The molecule has 1 aliphatic rings. The fourth-order valence-corrected chi connectivity index (χ4v) is 2.77. The molecule has 1 saturated heterocycles. The fourth-order valence-electron chi connectivity index (χ4n) is 2.53. The number of amides is 1. The van der Waals surface area contributed by atoms with Crippen molar-refractivity contribution in [3.63, 3.8) is 0 Å². The molecule has 0 unspecified atom stereocenters. The molecule has 3 rings (SSSR count). The van der Waals surface area contributed by atoms with Gasteiger partial charge >= 0.3 is 0 Å². The molecule has 0 N–H and O–H groups in total. The second-order valence-electron chi connectivity index (χ2n) is 5.28. The van der Waals surface area contributed by atoms with E-state index < -0.39 is 11.7 Å². The third kappa shape index (κ3) is 3.41. The van der Waals surface area contributed by atoms with Crippen molar-refractivity contribution < 1.29 is 18.7 Å². The normalized spacial score (nSPS) is 17.0. The molecule has 0 bridgehead atoms. The molecule has 1 aromatic carbocycles. The highest BCUT2D eigenvalue weighted by Crippen LogP contribution is 2.24. The van der Waals surface area contributed by atoms with Crippen LogP contribution in [-0.2, 0) is 0 Å². The monoisotopic (exact) mass is 351 g/mol. The Hall–Kier alpha value is -2.41. The van der Waals surface area contributed by atoms with Gasteiger partial charge in [0.1, 0.15) is 11.9 Å². The van der Waals surface area contributed by atoms with Gasteiger partial charge in [0.05, 0.1) is 36.6 Å². The number of benzene rings is 1. The first-order valence-corrected chi connectivity index (χ1v) is 7.72. The van der Waals surface area contributed by atoms with E-state index in [1.165, 1.54) is 42.6 Å². The average Bonchev–Trinajstić information content (AvgIpc) is 3.03. The number of hydrogen-bond donors (Lipinski definition) is 0. The number of rotatable bonds is 4. The predicted molar refractivity (Wildman–Crippen MR) is 84.9 cm³/mol. The Bertz CT molecular complexity index is 739. The van der Waals surface area contributed by atoms with Gasteiger partial charge in [-0.3, -0.25) is 9.78 Å². The molecule has 1 aliphatic heterocycles. The lowest BCUT2D eigenvalue weighted by atomic mass is 10.2. The topological polar surface area (TPSA) is 64.6 Å². The molecule has 6 nitrogen and oxygen atoms in total. The van der Waals surface area contributed by atoms with Gasteiger partial charge in [0.25, 0.3) is 5.91 Å². The van der Waals surface area contributed by atoms with Crippen molar-refractivity contribution >= 4 is 17.5 Å². The summed E-state index contributed by atoms with van der Waals surface area (Å²) in [5.74, 6) is -0.411. The SMILES string of the molecule is COc1cncc(O[C@@H]2CCN(C(=O)c3c(F)cccc3Cl)C2)n1. The molecule has 126 valence electrons. The molecule has 0 aliphatic carbocycles. The Morgan fingerprint density at radius 1 is 1.38 bits per heavy atom. The van der Waals surface area contributed by atoms with Crippen molar-refractivity contribution in [3.8, 4) is 11.8 Å². The molecule has 8 heteroatoms. The van der Waals surface area contributed by atoms with E-state index in [2.05, 4.69) is 9.97 Å². The van der Waals surface area contributed by atoms with Crippen LogP contribution >= 0.6 is 11.6 Å². The molecule has 1 atom stereocenters. The van der Waals surface area contributed by atoms with Crippen LogP contribution in [0.5, 0.6) is 11.8 Å². The highest BCUT2D eigenvalue weighted by Gasteiger charge is 2.31. The first kappa shape index (κ1) is 16.4. The minimum absolute atomic E-state index is 0.100. The average molecular weight is 352 g/mol. The number of likely N-dealkylation sites (tertiary alicyclic amines) is 1. The Morgan fingerprint density at radius 2 is 2.17 bits per heavy atom. The smallest absolute Gasteiger partial charge is 0.258 e. The summed E-state index contributed by atoms with van der Waals surface area (Å²) >= 11 is 5.95. The lowest BCUT2D eigenvalue weighted by Gasteiger charge is -2.18. The van der Waals surface area contributed by atoms with E-state index >= 15 is 0 Å². The molecule has 2 heterocycles. The highest BCUT2D eigenvalue weighted by atomic mass is 35.5. The maximum absolute atomic E-state index is 13.9. The number of methoxy groups -OCH3 is 1. The zero-order chi connectivity index (χ0) is 17.1. The summed E-state index contributed by atoms with van der Waals surface area (Å²) in [6, 6.07) is 4.18. The van der Waals surface area contributed by atoms with E-state index in [1.54, 1.807) is 0 Å². The van der Waals surface area contributed by atoms with Crippen molar-refractivity contribution in [1.82, 2.24) is 14.9 Å². The van der Waals surface area contributed by atoms with Crippen molar-refractivity contribution in [2.75, 3.05) is 20.2 Å². The first-order chi connectivity index (χ1) is 11.6. The molecule has 2 aromatic rings. The van der Waals surface area contributed by atoms with E-state index in [-0.39, 0.29) is 16.7 Å². The number of hydrogen-bond acceptors (Lipinski definition) is 5. The van der Waals surface area contributed by atoms with Gasteiger partial charge < -0.3 is 14.4 Å². The van der Waals surface area contributed by atoms with Crippen molar-refractivity contribution in [2.24, 2.45) is 0 Å². The number of carbonyl (C=O) groups is 1. The van der Waals surface area contributed by atoms with Crippen LogP contribution in [-0.4, -0.2) is 47.1 Å². The van der Waals surface area contributed by atoms with Gasteiger partial charge in [-0.1, -0.05) is 17.7 Å². The predicted octanol–water partition coefficient (Wildman–Crippen LogP) is 2.57. The Morgan fingerprint density at radius 3 is 2.92 bits per heavy atom. The zero-order valence-electron chi connectivity index (χ0n) is 12.9. The van der Waals surface area contributed by atoms with Crippen LogP contribution in [0.2, 0.25) is 5.02 Å². The summed E-state index contributed by atoms with van der Waals surface area (Å²) in [5.41, 5.74) is -0.110. The van der Waals surface area contributed by atoms with Crippen molar-refractivity contribution in [1.29, 1.82) is 0 Å². The second kappa shape index (κ2) is 7.00. The maximum Gasteiger partial charge on any atom is 0.258 e. The van der Waals surface area contributed by atoms with Crippen LogP contribution in [0.1, 0.15) is 16.8 Å². The molecule has 1 aromatic heterocycles. The summed E-state index contributed by atoms with van der Waals surface area (Å²) in [6.45, 7) is 0.772. The Kier molecular flexibility index (Phi) is 4.80. The van der Waals surface area contributed by atoms with Gasteiger partial charge in [-0.2, -0.15) is 4.98 Å². The molecule has 1 amide bonds. The second-order valence-corrected chi connectivity index (χ2v) is 5.68. The third-order valence-corrected chi connectivity index (χ3v) is 4.01. The van der Waals surface area contributed by atoms with Crippen LogP contribution in [0.25, 0.3) is 0 Å². The summed E-state index contributed by atoms with van der Waals surface area (Å²) in [6.07, 6.45) is 3.30. The van der Waals surface area contributed by atoms with Gasteiger partial charge in [-0.25, -0.2) is 4.39 Å². The van der Waals surface area contributed by atoms with E-state index in [4.69, 9.17) is 21.1 Å². The van der Waals surface area contributed by atoms with E-state index in [0.717, 1.165) is 0 Å². The third-order valence-electron chi connectivity index (χ3n) is 3.70. The highest BCUT2D eigenvalue weighted by molar-refractivity contribution is 6.33. The Labute approximate surface area is 143 Å².